The van der Waals surface area contributed by atoms with E-state index in [0.29, 0.717) is 16.9 Å². The van der Waals surface area contributed by atoms with Crippen LogP contribution < -0.4 is 0 Å². The summed E-state index contributed by atoms with van der Waals surface area (Å²) in [6.45, 7) is 3.62. The molecule has 3 nitrogen and oxygen atoms in total. The molecule has 0 atom stereocenters. The molecule has 0 unspecified atom stereocenters. The number of nitrogens with zero attached hydrogens (tertiary/aromatic N) is 2. The average molecular weight is 284 g/mol. The van der Waals surface area contributed by atoms with Crippen LogP contribution in [0.4, 0.5) is 13.2 Å². The Bertz CT molecular complexity index is 603. The smallest absolute Gasteiger partial charge is 0.392 e. The van der Waals surface area contributed by atoms with Crippen molar-refractivity contribution in [1.82, 2.24) is 9.78 Å². The van der Waals surface area contributed by atoms with Gasteiger partial charge in [-0.05, 0) is 24.1 Å². The van der Waals surface area contributed by atoms with E-state index >= 15 is 0 Å². The molecule has 108 valence electrons. The second kappa shape index (κ2) is 5.28. The van der Waals surface area contributed by atoms with E-state index in [1.165, 1.54) is 16.9 Å². The molecule has 0 spiro atoms. The van der Waals surface area contributed by atoms with Gasteiger partial charge in [0.15, 0.2) is 0 Å². The number of alkyl halides is 3. The van der Waals surface area contributed by atoms with Crippen molar-refractivity contribution in [2.75, 3.05) is 0 Å². The van der Waals surface area contributed by atoms with Crippen molar-refractivity contribution in [1.29, 1.82) is 0 Å². The number of halogens is 3. The number of hydrogen-bond donors (Lipinski definition) is 1. The van der Waals surface area contributed by atoms with Crippen LogP contribution >= 0.6 is 0 Å². The van der Waals surface area contributed by atoms with Gasteiger partial charge in [0.1, 0.15) is 0 Å². The topological polar surface area (TPSA) is 38.1 Å². The fourth-order valence-corrected chi connectivity index (χ4v) is 2.15. The maximum absolute atomic E-state index is 12.7. The molecule has 1 aromatic carbocycles. The van der Waals surface area contributed by atoms with Crippen molar-refractivity contribution < 1.29 is 18.3 Å². The van der Waals surface area contributed by atoms with E-state index in [-0.39, 0.29) is 12.5 Å². The number of aromatic nitrogens is 2. The van der Waals surface area contributed by atoms with E-state index in [2.05, 4.69) is 5.10 Å². The molecule has 0 bridgehead atoms. The molecule has 1 heterocycles. The lowest BCUT2D eigenvalue weighted by atomic mass is 10.1. The highest BCUT2D eigenvalue weighted by Crippen LogP contribution is 2.31. The molecule has 0 radical (unpaired) electrons. The summed E-state index contributed by atoms with van der Waals surface area (Å²) >= 11 is 0. The SMILES string of the molecule is CC(C)c1c(CO)cnn1-c1cccc(C(F)(F)F)c1. The molecule has 0 aliphatic rings. The molecule has 0 amide bonds. The average Bonchev–Trinajstić information content (AvgIpc) is 2.81. The standard InChI is InChI=1S/C14H15F3N2O/c1-9(2)13-10(8-20)7-18-19(13)12-5-3-4-11(6-12)14(15,16)17/h3-7,9,20H,8H2,1-2H3. The number of benzene rings is 1. The zero-order valence-corrected chi connectivity index (χ0v) is 11.1. The van der Waals surface area contributed by atoms with Gasteiger partial charge in [-0.15, -0.1) is 0 Å². The summed E-state index contributed by atoms with van der Waals surface area (Å²) in [4.78, 5) is 0. The molecule has 6 heteroatoms. The molecule has 0 saturated carbocycles. The van der Waals surface area contributed by atoms with Gasteiger partial charge in [-0.3, -0.25) is 0 Å². The third-order valence-corrected chi connectivity index (χ3v) is 3.02. The zero-order valence-electron chi connectivity index (χ0n) is 11.1. The van der Waals surface area contributed by atoms with E-state index < -0.39 is 11.7 Å². The van der Waals surface area contributed by atoms with Crippen molar-refractivity contribution in [3.8, 4) is 5.69 Å². The predicted molar refractivity (Wildman–Crippen MR) is 68.6 cm³/mol. The first-order chi connectivity index (χ1) is 9.34. The van der Waals surface area contributed by atoms with Crippen LogP contribution in [0.5, 0.6) is 0 Å². The van der Waals surface area contributed by atoms with Gasteiger partial charge in [-0.25, -0.2) is 4.68 Å². The second-order valence-corrected chi connectivity index (χ2v) is 4.83. The molecule has 1 aromatic heterocycles. The molecular weight excluding hydrogens is 269 g/mol. The minimum atomic E-state index is -4.39. The summed E-state index contributed by atoms with van der Waals surface area (Å²) in [5.41, 5.74) is 0.957. The Kier molecular flexibility index (Phi) is 3.85. The third-order valence-electron chi connectivity index (χ3n) is 3.02. The summed E-state index contributed by atoms with van der Waals surface area (Å²) < 4.78 is 39.7. The van der Waals surface area contributed by atoms with Crippen LogP contribution in [0.15, 0.2) is 30.5 Å². The van der Waals surface area contributed by atoms with Gasteiger partial charge in [0, 0.05) is 5.56 Å². The van der Waals surface area contributed by atoms with Gasteiger partial charge in [0.05, 0.1) is 29.7 Å². The summed E-state index contributed by atoms with van der Waals surface area (Å²) in [7, 11) is 0. The maximum Gasteiger partial charge on any atom is 0.416 e. The number of hydrogen-bond acceptors (Lipinski definition) is 2. The van der Waals surface area contributed by atoms with Crippen LogP contribution in [-0.2, 0) is 12.8 Å². The van der Waals surface area contributed by atoms with Crippen LogP contribution in [0.2, 0.25) is 0 Å². The van der Waals surface area contributed by atoms with Crippen LogP contribution in [0.3, 0.4) is 0 Å². The van der Waals surface area contributed by atoms with E-state index in [1.54, 1.807) is 6.07 Å². The van der Waals surface area contributed by atoms with Crippen molar-refractivity contribution in [3.63, 3.8) is 0 Å². The summed E-state index contributed by atoms with van der Waals surface area (Å²) in [6.07, 6.45) is -2.91. The largest absolute Gasteiger partial charge is 0.416 e. The Morgan fingerprint density at radius 3 is 2.55 bits per heavy atom. The molecule has 0 aliphatic carbocycles. The summed E-state index contributed by atoms with van der Waals surface area (Å²) in [6, 6.07) is 4.99. The van der Waals surface area contributed by atoms with E-state index in [1.807, 2.05) is 13.8 Å². The predicted octanol–water partition coefficient (Wildman–Crippen LogP) is 3.51. The third kappa shape index (κ3) is 2.70. The van der Waals surface area contributed by atoms with E-state index in [9.17, 15) is 18.3 Å². The second-order valence-electron chi connectivity index (χ2n) is 4.83. The summed E-state index contributed by atoms with van der Waals surface area (Å²) in [5, 5.41) is 13.4. The van der Waals surface area contributed by atoms with Gasteiger partial charge >= 0.3 is 6.18 Å². The van der Waals surface area contributed by atoms with Crippen LogP contribution in [0.1, 0.15) is 36.6 Å². The Morgan fingerprint density at radius 1 is 1.30 bits per heavy atom. The normalized spacial score (nSPS) is 12.2. The quantitative estimate of drug-likeness (QED) is 0.936. The van der Waals surface area contributed by atoms with Gasteiger partial charge < -0.3 is 5.11 Å². The number of rotatable bonds is 3. The van der Waals surface area contributed by atoms with Crippen LogP contribution in [0, 0.1) is 0 Å². The molecule has 0 saturated heterocycles. The summed E-state index contributed by atoms with van der Waals surface area (Å²) in [5.74, 6) is 0.0363. The Hall–Kier alpha value is -1.82. The lowest BCUT2D eigenvalue weighted by molar-refractivity contribution is -0.137. The maximum atomic E-state index is 12.7. The van der Waals surface area contributed by atoms with Crippen molar-refractivity contribution in [3.05, 3.63) is 47.3 Å². The van der Waals surface area contributed by atoms with Crippen molar-refractivity contribution in [2.24, 2.45) is 0 Å². The highest BCUT2D eigenvalue weighted by Gasteiger charge is 2.30. The zero-order chi connectivity index (χ0) is 14.9. The monoisotopic (exact) mass is 284 g/mol. The van der Waals surface area contributed by atoms with Gasteiger partial charge in [0.25, 0.3) is 0 Å². The Labute approximate surface area is 114 Å². The lowest BCUT2D eigenvalue weighted by Gasteiger charge is -2.14. The molecule has 0 fully saturated rings. The molecule has 20 heavy (non-hydrogen) atoms. The minimum Gasteiger partial charge on any atom is -0.392 e. The lowest BCUT2D eigenvalue weighted by Crippen LogP contribution is -2.09. The van der Waals surface area contributed by atoms with Gasteiger partial charge in [-0.2, -0.15) is 18.3 Å². The molecule has 1 N–H and O–H groups in total. The first-order valence-corrected chi connectivity index (χ1v) is 6.20. The Morgan fingerprint density at radius 2 is 2.00 bits per heavy atom. The van der Waals surface area contributed by atoms with Crippen LogP contribution in [-0.4, -0.2) is 14.9 Å². The van der Waals surface area contributed by atoms with Gasteiger partial charge in [0.2, 0.25) is 0 Å². The molecular formula is C14H15F3N2O. The highest BCUT2D eigenvalue weighted by molar-refractivity contribution is 5.40. The van der Waals surface area contributed by atoms with Gasteiger partial charge in [-0.1, -0.05) is 19.9 Å². The van der Waals surface area contributed by atoms with E-state index in [0.717, 1.165) is 12.1 Å². The Balaban J connectivity index is 2.55. The number of aliphatic hydroxyl groups is 1. The van der Waals surface area contributed by atoms with E-state index in [4.69, 9.17) is 0 Å². The fourth-order valence-electron chi connectivity index (χ4n) is 2.15. The fraction of sp³-hybridized carbons (Fsp3) is 0.357. The first kappa shape index (κ1) is 14.6. The van der Waals surface area contributed by atoms with Crippen molar-refractivity contribution in [2.45, 2.75) is 32.5 Å². The molecule has 2 rings (SSSR count). The van der Waals surface area contributed by atoms with Crippen LogP contribution in [0.25, 0.3) is 5.69 Å². The van der Waals surface area contributed by atoms with Crippen molar-refractivity contribution >= 4 is 0 Å². The number of aliphatic hydroxyl groups excluding tert-OH is 1. The first-order valence-electron chi connectivity index (χ1n) is 6.20. The molecule has 0 aliphatic heterocycles. The highest BCUT2D eigenvalue weighted by atomic mass is 19.4. The molecule has 2 aromatic rings. The minimum absolute atomic E-state index is 0.0363.